The van der Waals surface area contributed by atoms with Gasteiger partial charge in [0.15, 0.2) is 0 Å². The van der Waals surface area contributed by atoms with Crippen LogP contribution in [-0.4, -0.2) is 31.2 Å². The number of ether oxygens (including phenoxy) is 2. The molecule has 6 atom stereocenters. The smallest absolute Gasteiger partial charge is 0.129 e. The number of allylic oxidation sites excluding steroid dienone is 2. The van der Waals surface area contributed by atoms with Crippen molar-refractivity contribution < 1.29 is 14.3 Å². The number of carbonyl (C=O) groups excluding carboxylic acids is 1. The SMILES string of the molecule is CC(=O)CCC1CCCC2C1=CCC1(C)C2CC2OCCOC21. The summed E-state index contributed by atoms with van der Waals surface area (Å²) in [5.41, 5.74) is 1.93. The minimum absolute atomic E-state index is 0.252. The van der Waals surface area contributed by atoms with Crippen molar-refractivity contribution in [2.24, 2.45) is 23.2 Å². The number of carbonyl (C=O) groups is 1. The summed E-state index contributed by atoms with van der Waals surface area (Å²) in [5.74, 6) is 2.39. The fourth-order valence-electron chi connectivity index (χ4n) is 6.00. The summed E-state index contributed by atoms with van der Waals surface area (Å²) in [4.78, 5) is 11.4. The van der Waals surface area contributed by atoms with E-state index in [2.05, 4.69) is 13.0 Å². The molecule has 1 heterocycles. The Balaban J connectivity index is 1.57. The van der Waals surface area contributed by atoms with Crippen LogP contribution in [0.1, 0.15) is 58.8 Å². The van der Waals surface area contributed by atoms with Crippen molar-refractivity contribution in [2.75, 3.05) is 13.2 Å². The Kier molecular flexibility index (Phi) is 4.13. The van der Waals surface area contributed by atoms with E-state index in [9.17, 15) is 4.79 Å². The first kappa shape index (κ1) is 15.8. The van der Waals surface area contributed by atoms with Crippen LogP contribution < -0.4 is 0 Å². The average Bonchev–Trinajstić information content (AvgIpc) is 2.86. The van der Waals surface area contributed by atoms with Crippen molar-refractivity contribution in [3.63, 3.8) is 0 Å². The van der Waals surface area contributed by atoms with Gasteiger partial charge in [-0.2, -0.15) is 0 Å². The molecule has 4 aliphatic rings. The fourth-order valence-corrected chi connectivity index (χ4v) is 6.00. The highest BCUT2D eigenvalue weighted by molar-refractivity contribution is 5.75. The molecule has 6 unspecified atom stereocenters. The van der Waals surface area contributed by atoms with Crippen LogP contribution in [0.3, 0.4) is 0 Å². The first-order valence-electron chi connectivity index (χ1n) is 9.52. The van der Waals surface area contributed by atoms with Crippen molar-refractivity contribution in [2.45, 2.75) is 71.0 Å². The lowest BCUT2D eigenvalue weighted by atomic mass is 9.58. The topological polar surface area (TPSA) is 35.5 Å². The van der Waals surface area contributed by atoms with Crippen molar-refractivity contribution >= 4 is 5.78 Å². The van der Waals surface area contributed by atoms with Gasteiger partial charge in [-0.3, -0.25) is 0 Å². The molecule has 23 heavy (non-hydrogen) atoms. The Morgan fingerprint density at radius 2 is 2.13 bits per heavy atom. The lowest BCUT2D eigenvalue weighted by molar-refractivity contribution is -0.157. The summed E-state index contributed by atoms with van der Waals surface area (Å²) in [6.07, 6.45) is 11.1. The maximum Gasteiger partial charge on any atom is 0.129 e. The molecular formula is C20H30O3. The van der Waals surface area contributed by atoms with Gasteiger partial charge in [-0.15, -0.1) is 0 Å². The lowest BCUT2D eigenvalue weighted by Gasteiger charge is -2.48. The van der Waals surface area contributed by atoms with Gasteiger partial charge in [-0.25, -0.2) is 0 Å². The maximum absolute atomic E-state index is 11.4. The summed E-state index contributed by atoms with van der Waals surface area (Å²) < 4.78 is 12.2. The van der Waals surface area contributed by atoms with Gasteiger partial charge in [0, 0.05) is 11.8 Å². The lowest BCUT2D eigenvalue weighted by Crippen LogP contribution is -2.46. The van der Waals surface area contributed by atoms with Crippen LogP contribution in [0.25, 0.3) is 0 Å². The van der Waals surface area contributed by atoms with E-state index >= 15 is 0 Å². The van der Waals surface area contributed by atoms with E-state index in [1.54, 1.807) is 12.5 Å². The second-order valence-corrected chi connectivity index (χ2v) is 8.43. The van der Waals surface area contributed by atoms with E-state index in [1.165, 1.54) is 25.7 Å². The molecule has 0 amide bonds. The van der Waals surface area contributed by atoms with Crippen LogP contribution in [0.2, 0.25) is 0 Å². The van der Waals surface area contributed by atoms with Gasteiger partial charge in [0.1, 0.15) is 5.78 Å². The van der Waals surface area contributed by atoms with Crippen LogP contribution in [0.15, 0.2) is 11.6 Å². The number of ketones is 1. The van der Waals surface area contributed by atoms with E-state index in [-0.39, 0.29) is 11.5 Å². The number of hydrogen-bond acceptors (Lipinski definition) is 3. The molecule has 1 aliphatic heterocycles. The van der Waals surface area contributed by atoms with E-state index in [1.807, 2.05) is 0 Å². The van der Waals surface area contributed by atoms with Crippen molar-refractivity contribution in [1.82, 2.24) is 0 Å². The summed E-state index contributed by atoms with van der Waals surface area (Å²) in [7, 11) is 0. The molecule has 1 saturated heterocycles. The molecule has 3 fully saturated rings. The second-order valence-electron chi connectivity index (χ2n) is 8.43. The van der Waals surface area contributed by atoms with Crippen molar-refractivity contribution in [3.05, 3.63) is 11.6 Å². The highest BCUT2D eigenvalue weighted by Crippen LogP contribution is 2.60. The van der Waals surface area contributed by atoms with Gasteiger partial charge in [0.25, 0.3) is 0 Å². The van der Waals surface area contributed by atoms with Crippen molar-refractivity contribution in [3.8, 4) is 0 Å². The molecule has 128 valence electrons. The molecule has 0 aromatic carbocycles. The van der Waals surface area contributed by atoms with Gasteiger partial charge in [-0.05, 0) is 56.8 Å². The predicted molar refractivity (Wildman–Crippen MR) is 89.1 cm³/mol. The predicted octanol–water partition coefficient (Wildman–Crippen LogP) is 3.91. The zero-order valence-corrected chi connectivity index (χ0v) is 14.6. The molecule has 0 aromatic rings. The van der Waals surface area contributed by atoms with Crippen LogP contribution in [0.4, 0.5) is 0 Å². The first-order chi connectivity index (χ1) is 11.1. The largest absolute Gasteiger partial charge is 0.373 e. The molecule has 3 aliphatic carbocycles. The third kappa shape index (κ3) is 2.60. The normalized spacial score (nSPS) is 45.7. The number of fused-ring (bicyclic) bond motifs is 5. The van der Waals surface area contributed by atoms with Gasteiger partial charge in [-0.1, -0.05) is 25.0 Å². The fraction of sp³-hybridized carbons (Fsp3) is 0.850. The molecule has 4 rings (SSSR count). The molecule has 0 N–H and O–H groups in total. The van der Waals surface area contributed by atoms with E-state index in [0.717, 1.165) is 32.5 Å². The highest BCUT2D eigenvalue weighted by Gasteiger charge is 2.58. The summed E-state index contributed by atoms with van der Waals surface area (Å²) >= 11 is 0. The van der Waals surface area contributed by atoms with Gasteiger partial charge in [0.2, 0.25) is 0 Å². The molecule has 3 nitrogen and oxygen atoms in total. The molecule has 2 saturated carbocycles. The number of hydrogen-bond donors (Lipinski definition) is 0. The number of Topliss-reactive ketones (excluding diaryl/α,β-unsaturated/α-hetero) is 1. The van der Waals surface area contributed by atoms with Crippen molar-refractivity contribution in [1.29, 1.82) is 0 Å². The monoisotopic (exact) mass is 318 g/mol. The van der Waals surface area contributed by atoms with Gasteiger partial charge < -0.3 is 14.3 Å². The Hall–Kier alpha value is -0.670. The zero-order chi connectivity index (χ0) is 16.0. The van der Waals surface area contributed by atoms with E-state index in [4.69, 9.17) is 9.47 Å². The Labute approximate surface area is 139 Å². The zero-order valence-electron chi connectivity index (χ0n) is 14.6. The summed E-state index contributed by atoms with van der Waals surface area (Å²) in [6.45, 7) is 5.68. The Morgan fingerprint density at radius 1 is 1.30 bits per heavy atom. The Bertz CT molecular complexity index is 511. The highest BCUT2D eigenvalue weighted by atomic mass is 16.6. The van der Waals surface area contributed by atoms with Gasteiger partial charge >= 0.3 is 0 Å². The van der Waals surface area contributed by atoms with E-state index < -0.39 is 0 Å². The summed E-state index contributed by atoms with van der Waals surface area (Å²) in [6, 6.07) is 0. The van der Waals surface area contributed by atoms with Crippen LogP contribution in [-0.2, 0) is 14.3 Å². The van der Waals surface area contributed by atoms with Crippen LogP contribution >= 0.6 is 0 Å². The molecule has 0 bridgehead atoms. The van der Waals surface area contributed by atoms with E-state index in [0.29, 0.717) is 29.6 Å². The molecular weight excluding hydrogens is 288 g/mol. The van der Waals surface area contributed by atoms with Gasteiger partial charge in [0.05, 0.1) is 25.4 Å². The third-order valence-corrected chi connectivity index (χ3v) is 7.11. The molecule has 0 aromatic heterocycles. The number of rotatable bonds is 3. The van der Waals surface area contributed by atoms with Crippen LogP contribution in [0, 0.1) is 23.2 Å². The van der Waals surface area contributed by atoms with Crippen LogP contribution in [0.5, 0.6) is 0 Å². The standard InChI is InChI=1S/C20H30O3/c1-13(21)6-7-14-4-3-5-16-15(14)8-9-20(2)17(16)12-18-19(20)23-11-10-22-18/h8,14,16-19H,3-7,9-12H2,1-2H3. The quantitative estimate of drug-likeness (QED) is 0.740. The first-order valence-corrected chi connectivity index (χ1v) is 9.52. The second kappa shape index (κ2) is 6.00. The molecule has 3 heteroatoms. The average molecular weight is 318 g/mol. The third-order valence-electron chi connectivity index (χ3n) is 7.11. The minimum Gasteiger partial charge on any atom is -0.373 e. The maximum atomic E-state index is 11.4. The molecule has 0 spiro atoms. The minimum atomic E-state index is 0.252. The summed E-state index contributed by atoms with van der Waals surface area (Å²) in [5, 5.41) is 0. The Morgan fingerprint density at radius 3 is 2.96 bits per heavy atom. The molecule has 0 radical (unpaired) electrons.